The van der Waals surface area contributed by atoms with Gasteiger partial charge in [-0.25, -0.2) is 5.84 Å². The van der Waals surface area contributed by atoms with Gasteiger partial charge in [0.15, 0.2) is 0 Å². The van der Waals surface area contributed by atoms with Gasteiger partial charge in [-0.15, -0.1) is 0 Å². The first-order chi connectivity index (χ1) is 8.76. The monoisotopic (exact) mass is 247 g/mol. The van der Waals surface area contributed by atoms with Crippen LogP contribution in [0.15, 0.2) is 24.5 Å². The number of pyridine rings is 1. The molecule has 1 rings (SSSR count). The van der Waals surface area contributed by atoms with E-state index < -0.39 is 0 Å². The van der Waals surface area contributed by atoms with Crippen molar-refractivity contribution in [3.05, 3.63) is 30.1 Å². The first-order valence-corrected chi connectivity index (χ1v) is 5.74. The molecule has 0 spiro atoms. The van der Waals surface area contributed by atoms with E-state index in [1.807, 2.05) is 17.0 Å². The Morgan fingerprint density at radius 3 is 3.00 bits per heavy atom. The van der Waals surface area contributed by atoms with E-state index in [4.69, 9.17) is 11.1 Å². The molecule has 0 atom stereocenters. The molecule has 0 aromatic carbocycles. The summed E-state index contributed by atoms with van der Waals surface area (Å²) in [5.41, 5.74) is 3.16. The number of nitrogens with two attached hydrogens (primary N) is 1. The van der Waals surface area contributed by atoms with Gasteiger partial charge in [0.05, 0.1) is 6.07 Å². The standard InChI is InChI=1S/C12H17N5O/c13-5-2-7-17(8-4-12(18)16-14)10-11-3-1-6-15-9-11/h1,3,6,9H,2,4,7-8,10,14H2,(H,16,18). The normalized spacial score (nSPS) is 10.1. The fourth-order valence-corrected chi connectivity index (χ4v) is 1.56. The van der Waals surface area contributed by atoms with Crippen molar-refractivity contribution in [2.75, 3.05) is 13.1 Å². The number of rotatable bonds is 7. The first kappa shape index (κ1) is 14.1. The summed E-state index contributed by atoms with van der Waals surface area (Å²) in [6.07, 6.45) is 4.25. The van der Waals surface area contributed by atoms with E-state index in [0.717, 1.165) is 5.56 Å². The Morgan fingerprint density at radius 1 is 1.56 bits per heavy atom. The number of nitrogens with one attached hydrogen (secondary N) is 1. The smallest absolute Gasteiger partial charge is 0.235 e. The largest absolute Gasteiger partial charge is 0.297 e. The van der Waals surface area contributed by atoms with Crippen LogP contribution in [-0.4, -0.2) is 28.9 Å². The maximum Gasteiger partial charge on any atom is 0.235 e. The van der Waals surface area contributed by atoms with Crippen LogP contribution in [0, 0.1) is 11.3 Å². The van der Waals surface area contributed by atoms with E-state index in [-0.39, 0.29) is 5.91 Å². The number of carbonyl (C=O) groups excluding carboxylic acids is 1. The third-order valence-corrected chi connectivity index (χ3v) is 2.48. The van der Waals surface area contributed by atoms with Crippen LogP contribution < -0.4 is 11.3 Å². The summed E-state index contributed by atoms with van der Waals surface area (Å²) >= 11 is 0. The lowest BCUT2D eigenvalue weighted by Crippen LogP contribution is -2.34. The Labute approximate surface area is 106 Å². The Kier molecular flexibility index (Phi) is 6.40. The van der Waals surface area contributed by atoms with Crippen molar-refractivity contribution in [1.82, 2.24) is 15.3 Å². The molecule has 96 valence electrons. The number of hydrogen-bond donors (Lipinski definition) is 2. The van der Waals surface area contributed by atoms with E-state index >= 15 is 0 Å². The number of nitriles is 1. The number of hydrazine groups is 1. The van der Waals surface area contributed by atoms with Gasteiger partial charge in [0.1, 0.15) is 0 Å². The molecule has 0 saturated carbocycles. The second-order valence-electron chi connectivity index (χ2n) is 3.86. The highest BCUT2D eigenvalue weighted by Crippen LogP contribution is 2.04. The molecule has 3 N–H and O–H groups in total. The number of nitrogens with zero attached hydrogens (tertiary/aromatic N) is 3. The average molecular weight is 247 g/mol. The van der Waals surface area contributed by atoms with E-state index in [9.17, 15) is 4.79 Å². The molecule has 0 radical (unpaired) electrons. The third kappa shape index (κ3) is 5.39. The first-order valence-electron chi connectivity index (χ1n) is 5.74. The number of aromatic nitrogens is 1. The molecule has 1 heterocycles. The molecule has 0 bridgehead atoms. The van der Waals surface area contributed by atoms with Gasteiger partial charge in [-0.2, -0.15) is 5.26 Å². The molecule has 0 saturated heterocycles. The molecule has 0 aliphatic carbocycles. The molecule has 18 heavy (non-hydrogen) atoms. The van der Waals surface area contributed by atoms with Crippen LogP contribution >= 0.6 is 0 Å². The molecule has 1 aromatic heterocycles. The van der Waals surface area contributed by atoms with E-state index in [2.05, 4.69) is 16.5 Å². The predicted molar refractivity (Wildman–Crippen MR) is 66.7 cm³/mol. The van der Waals surface area contributed by atoms with Gasteiger partial charge < -0.3 is 0 Å². The minimum absolute atomic E-state index is 0.205. The molecular formula is C12H17N5O. The summed E-state index contributed by atoms with van der Waals surface area (Å²) < 4.78 is 0. The second-order valence-corrected chi connectivity index (χ2v) is 3.86. The average Bonchev–Trinajstić information content (AvgIpc) is 2.42. The van der Waals surface area contributed by atoms with Gasteiger partial charge in [-0.1, -0.05) is 6.07 Å². The molecule has 0 fully saturated rings. The van der Waals surface area contributed by atoms with Crippen molar-refractivity contribution in [3.8, 4) is 6.07 Å². The van der Waals surface area contributed by atoms with Crippen molar-refractivity contribution in [2.24, 2.45) is 5.84 Å². The fraction of sp³-hybridized carbons (Fsp3) is 0.417. The Hall–Kier alpha value is -1.97. The highest BCUT2D eigenvalue weighted by atomic mass is 16.2. The Balaban J connectivity index is 2.50. The van der Waals surface area contributed by atoms with Crippen LogP contribution in [0.3, 0.4) is 0 Å². The van der Waals surface area contributed by atoms with Crippen molar-refractivity contribution in [3.63, 3.8) is 0 Å². The minimum atomic E-state index is -0.205. The zero-order chi connectivity index (χ0) is 13.2. The molecule has 1 aromatic rings. The lowest BCUT2D eigenvalue weighted by Gasteiger charge is -2.20. The molecule has 0 aliphatic heterocycles. The molecule has 0 aliphatic rings. The van der Waals surface area contributed by atoms with Crippen LogP contribution in [0.25, 0.3) is 0 Å². The van der Waals surface area contributed by atoms with Crippen LogP contribution in [0.2, 0.25) is 0 Å². The Bertz CT molecular complexity index is 401. The van der Waals surface area contributed by atoms with E-state index in [1.165, 1.54) is 0 Å². The van der Waals surface area contributed by atoms with Gasteiger partial charge in [0.25, 0.3) is 0 Å². The maximum atomic E-state index is 11.1. The number of carbonyl (C=O) groups is 1. The summed E-state index contributed by atoms with van der Waals surface area (Å²) in [4.78, 5) is 17.2. The molecule has 0 unspecified atom stereocenters. The topological polar surface area (TPSA) is 95.0 Å². The quantitative estimate of drug-likeness (QED) is 0.407. The van der Waals surface area contributed by atoms with Crippen LogP contribution in [0.1, 0.15) is 18.4 Å². The third-order valence-electron chi connectivity index (χ3n) is 2.48. The van der Waals surface area contributed by atoms with Gasteiger partial charge in [-0.3, -0.25) is 20.1 Å². The highest BCUT2D eigenvalue weighted by Gasteiger charge is 2.08. The van der Waals surface area contributed by atoms with Crippen molar-refractivity contribution in [1.29, 1.82) is 5.26 Å². The minimum Gasteiger partial charge on any atom is -0.297 e. The SMILES string of the molecule is N#CCCN(CCC(=O)NN)Cc1cccnc1. The van der Waals surface area contributed by atoms with E-state index in [0.29, 0.717) is 32.5 Å². The summed E-state index contributed by atoms with van der Waals surface area (Å²) in [6, 6.07) is 5.94. The van der Waals surface area contributed by atoms with Crippen LogP contribution in [0.5, 0.6) is 0 Å². The van der Waals surface area contributed by atoms with Crippen molar-refractivity contribution < 1.29 is 4.79 Å². The maximum absolute atomic E-state index is 11.1. The zero-order valence-corrected chi connectivity index (χ0v) is 10.2. The van der Waals surface area contributed by atoms with Crippen LogP contribution in [-0.2, 0) is 11.3 Å². The summed E-state index contributed by atoms with van der Waals surface area (Å²) in [6.45, 7) is 1.87. The van der Waals surface area contributed by atoms with Crippen molar-refractivity contribution in [2.45, 2.75) is 19.4 Å². The molecule has 1 amide bonds. The second kappa shape index (κ2) is 8.17. The number of amides is 1. The lowest BCUT2D eigenvalue weighted by molar-refractivity contribution is -0.121. The highest BCUT2D eigenvalue weighted by molar-refractivity contribution is 5.75. The van der Waals surface area contributed by atoms with Gasteiger partial charge >= 0.3 is 0 Å². The molecular weight excluding hydrogens is 230 g/mol. The van der Waals surface area contributed by atoms with Gasteiger partial charge in [0.2, 0.25) is 5.91 Å². The lowest BCUT2D eigenvalue weighted by atomic mass is 10.2. The molecule has 6 heteroatoms. The predicted octanol–water partition coefficient (Wildman–Crippen LogP) is 0.177. The van der Waals surface area contributed by atoms with E-state index in [1.54, 1.807) is 12.4 Å². The van der Waals surface area contributed by atoms with Crippen LogP contribution in [0.4, 0.5) is 0 Å². The van der Waals surface area contributed by atoms with Gasteiger partial charge in [0, 0.05) is 44.9 Å². The van der Waals surface area contributed by atoms with Gasteiger partial charge in [-0.05, 0) is 11.6 Å². The molecule has 6 nitrogen and oxygen atoms in total. The summed E-state index contributed by atoms with van der Waals surface area (Å²) in [5, 5.41) is 8.62. The number of hydrogen-bond acceptors (Lipinski definition) is 5. The Morgan fingerprint density at radius 2 is 2.39 bits per heavy atom. The zero-order valence-electron chi connectivity index (χ0n) is 10.2. The summed E-state index contributed by atoms with van der Waals surface area (Å²) in [5.74, 6) is 4.83. The van der Waals surface area contributed by atoms with Crippen molar-refractivity contribution >= 4 is 5.91 Å². The fourth-order valence-electron chi connectivity index (χ4n) is 1.56. The summed E-state index contributed by atoms with van der Waals surface area (Å²) in [7, 11) is 0.